The highest BCUT2D eigenvalue weighted by Gasteiger charge is 2.12. The third kappa shape index (κ3) is 4.00. The van der Waals surface area contributed by atoms with Gasteiger partial charge in [-0.15, -0.1) is 0 Å². The fourth-order valence-electron chi connectivity index (χ4n) is 1.94. The monoisotopic (exact) mass is 356 g/mol. The minimum absolute atomic E-state index is 0.256. The first kappa shape index (κ1) is 15.4. The van der Waals surface area contributed by atoms with Gasteiger partial charge in [-0.1, -0.05) is 37.6 Å². The largest absolute Gasteiger partial charge is 0.236 e. The van der Waals surface area contributed by atoms with E-state index >= 15 is 0 Å². The number of halogens is 3. The van der Waals surface area contributed by atoms with Crippen LogP contribution in [0, 0.1) is 11.7 Å². The number of hydrogen-bond acceptors (Lipinski definition) is 2. The Morgan fingerprint density at radius 1 is 1.30 bits per heavy atom. The minimum atomic E-state index is -0.256. The molecule has 1 aromatic heterocycles. The van der Waals surface area contributed by atoms with Crippen molar-refractivity contribution in [3.05, 3.63) is 56.8 Å². The van der Waals surface area contributed by atoms with E-state index in [4.69, 9.17) is 11.6 Å². The van der Waals surface area contributed by atoms with Crippen molar-refractivity contribution in [2.45, 2.75) is 26.7 Å². The Balaban J connectivity index is 2.30. The average Bonchev–Trinajstić information content (AvgIpc) is 2.35. The Kier molecular flexibility index (Phi) is 5.11. The first-order chi connectivity index (χ1) is 9.45. The Hall–Kier alpha value is -1.00. The van der Waals surface area contributed by atoms with E-state index in [1.165, 1.54) is 12.1 Å². The standard InChI is InChI=1S/C15H15BrClFN2/c1-9(2)6-12-14(16)15(17)20-13(19-12)8-10-4-3-5-11(18)7-10/h3-5,7,9H,6,8H2,1-2H3. The highest BCUT2D eigenvalue weighted by Crippen LogP contribution is 2.26. The highest BCUT2D eigenvalue weighted by atomic mass is 79.9. The molecule has 0 unspecified atom stereocenters. The zero-order valence-corrected chi connectivity index (χ0v) is 13.7. The van der Waals surface area contributed by atoms with Crippen LogP contribution in [0.2, 0.25) is 5.15 Å². The predicted octanol–water partition coefficient (Wildman–Crippen LogP) is 4.82. The van der Waals surface area contributed by atoms with Crippen LogP contribution in [0.25, 0.3) is 0 Å². The molecule has 0 radical (unpaired) electrons. The molecular formula is C15H15BrClFN2. The van der Waals surface area contributed by atoms with Crippen LogP contribution >= 0.6 is 27.5 Å². The van der Waals surface area contributed by atoms with E-state index in [0.29, 0.717) is 23.3 Å². The molecule has 20 heavy (non-hydrogen) atoms. The summed E-state index contributed by atoms with van der Waals surface area (Å²) in [6.07, 6.45) is 1.29. The fraction of sp³-hybridized carbons (Fsp3) is 0.333. The topological polar surface area (TPSA) is 25.8 Å². The van der Waals surface area contributed by atoms with Gasteiger partial charge in [0.05, 0.1) is 10.2 Å². The van der Waals surface area contributed by atoms with Gasteiger partial charge in [0.15, 0.2) is 0 Å². The number of nitrogens with zero attached hydrogens (tertiary/aromatic N) is 2. The summed E-state index contributed by atoms with van der Waals surface area (Å²) < 4.78 is 13.9. The summed E-state index contributed by atoms with van der Waals surface area (Å²) in [7, 11) is 0. The molecule has 1 heterocycles. The minimum Gasteiger partial charge on any atom is -0.236 e. The first-order valence-corrected chi connectivity index (χ1v) is 7.58. The average molecular weight is 358 g/mol. The summed E-state index contributed by atoms with van der Waals surface area (Å²) in [5.74, 6) is 0.826. The third-order valence-electron chi connectivity index (χ3n) is 2.78. The van der Waals surface area contributed by atoms with Crippen LogP contribution < -0.4 is 0 Å². The van der Waals surface area contributed by atoms with Gasteiger partial charge < -0.3 is 0 Å². The fourth-order valence-corrected chi connectivity index (χ4v) is 2.49. The molecule has 0 amide bonds. The molecule has 0 saturated heterocycles. The molecule has 0 spiro atoms. The van der Waals surface area contributed by atoms with Gasteiger partial charge in [0.1, 0.15) is 16.8 Å². The second kappa shape index (κ2) is 6.64. The molecule has 0 saturated carbocycles. The van der Waals surface area contributed by atoms with Gasteiger partial charge in [0.25, 0.3) is 0 Å². The smallest absolute Gasteiger partial charge is 0.147 e. The molecule has 0 aliphatic rings. The molecule has 2 rings (SSSR count). The number of benzene rings is 1. The summed E-state index contributed by atoms with van der Waals surface area (Å²) in [4.78, 5) is 8.78. The summed E-state index contributed by atoms with van der Waals surface area (Å²) in [5.41, 5.74) is 1.73. The van der Waals surface area contributed by atoms with Gasteiger partial charge in [-0.2, -0.15) is 0 Å². The number of hydrogen-bond donors (Lipinski definition) is 0. The first-order valence-electron chi connectivity index (χ1n) is 6.41. The maximum Gasteiger partial charge on any atom is 0.147 e. The van der Waals surface area contributed by atoms with E-state index < -0.39 is 0 Å². The van der Waals surface area contributed by atoms with E-state index in [1.807, 2.05) is 6.07 Å². The van der Waals surface area contributed by atoms with Gasteiger partial charge in [-0.05, 0) is 46.0 Å². The lowest BCUT2D eigenvalue weighted by atomic mass is 10.1. The van der Waals surface area contributed by atoms with Gasteiger partial charge in [-0.25, -0.2) is 14.4 Å². The van der Waals surface area contributed by atoms with Crippen LogP contribution in [-0.2, 0) is 12.8 Å². The van der Waals surface area contributed by atoms with Crippen LogP contribution in [0.4, 0.5) is 4.39 Å². The molecule has 0 bridgehead atoms. The van der Waals surface area contributed by atoms with E-state index in [0.717, 1.165) is 22.2 Å². The predicted molar refractivity (Wildman–Crippen MR) is 82.5 cm³/mol. The second-order valence-corrected chi connectivity index (χ2v) is 6.25. The van der Waals surface area contributed by atoms with Crippen molar-refractivity contribution in [1.29, 1.82) is 0 Å². The molecule has 0 aliphatic heterocycles. The number of aromatic nitrogens is 2. The van der Waals surface area contributed by atoms with Gasteiger partial charge in [0.2, 0.25) is 0 Å². The van der Waals surface area contributed by atoms with Crippen molar-refractivity contribution in [1.82, 2.24) is 9.97 Å². The molecule has 1 aromatic carbocycles. The molecule has 2 aromatic rings. The lowest BCUT2D eigenvalue weighted by molar-refractivity contribution is 0.624. The Labute approximate surface area is 131 Å². The molecule has 0 N–H and O–H groups in total. The second-order valence-electron chi connectivity index (χ2n) is 5.10. The zero-order valence-electron chi connectivity index (χ0n) is 11.3. The zero-order chi connectivity index (χ0) is 14.7. The van der Waals surface area contributed by atoms with Gasteiger partial charge in [0, 0.05) is 6.42 Å². The van der Waals surface area contributed by atoms with E-state index in [2.05, 4.69) is 39.7 Å². The molecule has 2 nitrogen and oxygen atoms in total. The summed E-state index contributed by atoms with van der Waals surface area (Å²) in [6, 6.07) is 6.44. The lowest BCUT2D eigenvalue weighted by Crippen LogP contribution is -2.05. The molecule has 0 atom stereocenters. The third-order valence-corrected chi connectivity index (χ3v) is 4.11. The van der Waals surface area contributed by atoms with Crippen LogP contribution in [0.15, 0.2) is 28.7 Å². The van der Waals surface area contributed by atoms with Crippen LogP contribution in [0.1, 0.15) is 30.9 Å². The van der Waals surface area contributed by atoms with Crippen LogP contribution in [-0.4, -0.2) is 9.97 Å². The van der Waals surface area contributed by atoms with E-state index in [9.17, 15) is 4.39 Å². The van der Waals surface area contributed by atoms with Crippen molar-refractivity contribution < 1.29 is 4.39 Å². The summed E-state index contributed by atoms with van der Waals surface area (Å²) in [5, 5.41) is 0.405. The van der Waals surface area contributed by atoms with Crippen molar-refractivity contribution >= 4 is 27.5 Å². The van der Waals surface area contributed by atoms with Crippen molar-refractivity contribution in [2.75, 3.05) is 0 Å². The van der Waals surface area contributed by atoms with Crippen molar-refractivity contribution in [2.24, 2.45) is 5.92 Å². The Morgan fingerprint density at radius 3 is 2.70 bits per heavy atom. The van der Waals surface area contributed by atoms with Gasteiger partial charge >= 0.3 is 0 Å². The molecular weight excluding hydrogens is 343 g/mol. The van der Waals surface area contributed by atoms with Crippen molar-refractivity contribution in [3.8, 4) is 0 Å². The lowest BCUT2D eigenvalue weighted by Gasteiger charge is -2.10. The quantitative estimate of drug-likeness (QED) is 0.733. The van der Waals surface area contributed by atoms with Crippen molar-refractivity contribution in [3.63, 3.8) is 0 Å². The molecule has 0 fully saturated rings. The maximum atomic E-state index is 13.2. The van der Waals surface area contributed by atoms with E-state index in [1.54, 1.807) is 6.07 Å². The Bertz CT molecular complexity index is 617. The molecule has 0 aliphatic carbocycles. The van der Waals surface area contributed by atoms with Gasteiger partial charge in [-0.3, -0.25) is 0 Å². The SMILES string of the molecule is CC(C)Cc1nc(Cc2cccc(F)c2)nc(Cl)c1Br. The van der Waals surface area contributed by atoms with Crippen LogP contribution in [0.3, 0.4) is 0 Å². The molecule has 106 valence electrons. The normalized spacial score (nSPS) is 11.1. The van der Waals surface area contributed by atoms with Crippen LogP contribution in [0.5, 0.6) is 0 Å². The summed E-state index contributed by atoms with van der Waals surface area (Å²) in [6.45, 7) is 4.24. The summed E-state index contributed by atoms with van der Waals surface area (Å²) >= 11 is 9.55. The van der Waals surface area contributed by atoms with E-state index in [-0.39, 0.29) is 5.82 Å². The Morgan fingerprint density at radius 2 is 2.05 bits per heavy atom. The molecule has 5 heteroatoms. The number of rotatable bonds is 4. The maximum absolute atomic E-state index is 13.2. The highest BCUT2D eigenvalue weighted by molar-refractivity contribution is 9.10.